The molecule has 0 amide bonds. The van der Waals surface area contributed by atoms with Crippen LogP contribution in [0.4, 0.5) is 0 Å². The van der Waals surface area contributed by atoms with E-state index in [-0.39, 0.29) is 11.6 Å². The third-order valence-corrected chi connectivity index (χ3v) is 16.2. The predicted molar refractivity (Wildman–Crippen MR) is 183 cm³/mol. The first-order valence-corrected chi connectivity index (χ1v) is 24.7. The summed E-state index contributed by atoms with van der Waals surface area (Å²) in [7, 11) is -5.82. The third-order valence-electron chi connectivity index (χ3n) is 6.54. The monoisotopic (exact) mass is 662 g/mol. The van der Waals surface area contributed by atoms with Crippen LogP contribution in [0, 0.1) is 0 Å². The standard InChI is InChI=1S/C33H54O8Si3/c1-32(2,36)30(34)27-17-13-25(14-18-27)29(26-15-19-28(20-16-26)31(35)33(3,4)37)39-23-22-38-21-12-24-44(11,40-42(5,6)7)41-43(8,9)10/h13-20,29,36-37H,12,21-24H2,1-11H3. The van der Waals surface area contributed by atoms with Crippen molar-refractivity contribution in [1.82, 2.24) is 0 Å². The van der Waals surface area contributed by atoms with Gasteiger partial charge in [0.25, 0.3) is 0 Å². The van der Waals surface area contributed by atoms with Gasteiger partial charge in [0.05, 0.1) is 13.2 Å². The van der Waals surface area contributed by atoms with Crippen molar-refractivity contribution in [3.05, 3.63) is 70.8 Å². The molecule has 0 aliphatic heterocycles. The van der Waals surface area contributed by atoms with E-state index in [1.54, 1.807) is 24.3 Å². The summed E-state index contributed by atoms with van der Waals surface area (Å²) in [5.74, 6) is -0.733. The van der Waals surface area contributed by atoms with Gasteiger partial charge in [0.2, 0.25) is 0 Å². The lowest BCUT2D eigenvalue weighted by atomic mass is 9.92. The van der Waals surface area contributed by atoms with Crippen molar-refractivity contribution in [2.45, 2.75) is 103 Å². The van der Waals surface area contributed by atoms with Crippen LogP contribution in [0.25, 0.3) is 0 Å². The van der Waals surface area contributed by atoms with Crippen molar-refractivity contribution >= 4 is 36.8 Å². The number of hydrogen-bond acceptors (Lipinski definition) is 8. The van der Waals surface area contributed by atoms with E-state index in [2.05, 4.69) is 45.8 Å². The molecule has 0 unspecified atom stereocenters. The van der Waals surface area contributed by atoms with Crippen LogP contribution in [-0.4, -0.2) is 78.0 Å². The van der Waals surface area contributed by atoms with Gasteiger partial charge in [-0.05, 0) is 97.1 Å². The van der Waals surface area contributed by atoms with Crippen LogP contribution in [-0.2, 0) is 17.7 Å². The van der Waals surface area contributed by atoms with Gasteiger partial charge >= 0.3 is 8.56 Å². The number of aliphatic hydroxyl groups is 2. The van der Waals surface area contributed by atoms with Gasteiger partial charge in [0.15, 0.2) is 28.2 Å². The number of hydrogen-bond donors (Lipinski definition) is 2. The summed E-state index contributed by atoms with van der Waals surface area (Å²) in [5, 5.41) is 20.3. The van der Waals surface area contributed by atoms with Gasteiger partial charge in [0.1, 0.15) is 17.3 Å². The van der Waals surface area contributed by atoms with Gasteiger partial charge in [-0.15, -0.1) is 0 Å². The average Bonchev–Trinajstić information content (AvgIpc) is 2.86. The fourth-order valence-electron chi connectivity index (χ4n) is 4.95. The maximum absolute atomic E-state index is 12.5. The van der Waals surface area contributed by atoms with Crippen molar-refractivity contribution in [2.75, 3.05) is 19.8 Å². The number of carbonyl (C=O) groups excluding carboxylic acids is 2. The summed E-state index contributed by atoms with van der Waals surface area (Å²) in [4.78, 5) is 25.1. The Labute approximate surface area is 267 Å². The Morgan fingerprint density at radius 1 is 0.659 bits per heavy atom. The lowest BCUT2D eigenvalue weighted by molar-refractivity contribution is 0.0197. The normalized spacial score (nSPS) is 13.4. The van der Waals surface area contributed by atoms with Gasteiger partial charge in [-0.25, -0.2) is 0 Å². The molecule has 8 nitrogen and oxygen atoms in total. The van der Waals surface area contributed by atoms with E-state index in [0.717, 1.165) is 23.6 Å². The second-order valence-corrected chi connectivity index (χ2v) is 27.4. The zero-order chi connectivity index (χ0) is 33.6. The molecule has 2 rings (SSSR count). The van der Waals surface area contributed by atoms with E-state index >= 15 is 0 Å². The molecule has 0 spiro atoms. The van der Waals surface area contributed by atoms with Crippen molar-refractivity contribution < 1.29 is 37.5 Å². The molecule has 11 heteroatoms. The lowest BCUT2D eigenvalue weighted by Gasteiger charge is -2.38. The Morgan fingerprint density at radius 3 is 1.39 bits per heavy atom. The van der Waals surface area contributed by atoms with Crippen molar-refractivity contribution in [3.63, 3.8) is 0 Å². The maximum Gasteiger partial charge on any atom is 0.314 e. The van der Waals surface area contributed by atoms with E-state index in [9.17, 15) is 19.8 Å². The Kier molecular flexibility index (Phi) is 13.2. The minimum Gasteiger partial charge on any atom is -0.437 e. The van der Waals surface area contributed by atoms with Crippen LogP contribution < -0.4 is 0 Å². The molecule has 0 aromatic heterocycles. The fourth-order valence-corrected chi connectivity index (χ4v) is 17.5. The molecule has 246 valence electrons. The number of ether oxygens (including phenoxy) is 2. The highest BCUT2D eigenvalue weighted by atomic mass is 28.5. The van der Waals surface area contributed by atoms with Crippen LogP contribution in [0.1, 0.15) is 72.1 Å². The number of benzene rings is 2. The SMILES string of the molecule is CC(C)(O)C(=O)c1ccc(C(OCCOCCC[Si](C)(O[Si](C)(C)C)O[Si](C)(C)C)c2ccc(C(=O)C(C)(C)O)cc2)cc1. The largest absolute Gasteiger partial charge is 0.437 e. The van der Waals surface area contributed by atoms with E-state index in [4.69, 9.17) is 17.7 Å². The fraction of sp³-hybridized carbons (Fsp3) is 0.576. The number of Topliss-reactive ketones (excluding diaryl/α,β-unsaturated/α-hetero) is 2. The van der Waals surface area contributed by atoms with Gasteiger partial charge in [-0.1, -0.05) is 48.5 Å². The second kappa shape index (κ2) is 15.2. The van der Waals surface area contributed by atoms with E-state index in [0.29, 0.717) is 30.9 Å². The average molecular weight is 663 g/mol. The van der Waals surface area contributed by atoms with Gasteiger partial charge < -0.3 is 27.9 Å². The molecule has 44 heavy (non-hydrogen) atoms. The van der Waals surface area contributed by atoms with Crippen molar-refractivity contribution in [3.8, 4) is 0 Å². The first-order valence-electron chi connectivity index (χ1n) is 15.3. The van der Waals surface area contributed by atoms with Gasteiger partial charge in [-0.3, -0.25) is 9.59 Å². The molecular formula is C33H54O8Si3. The zero-order valence-corrected chi connectivity index (χ0v) is 31.6. The summed E-state index contributed by atoms with van der Waals surface area (Å²) in [6.45, 7) is 22.5. The van der Waals surface area contributed by atoms with Crippen LogP contribution in [0.15, 0.2) is 48.5 Å². The Hall–Kier alpha value is -1.81. The molecule has 0 radical (unpaired) electrons. The van der Waals surface area contributed by atoms with Gasteiger partial charge in [-0.2, -0.15) is 0 Å². The van der Waals surface area contributed by atoms with Gasteiger partial charge in [0, 0.05) is 17.7 Å². The quantitative estimate of drug-likeness (QED) is 0.101. The van der Waals surface area contributed by atoms with Crippen molar-refractivity contribution in [1.29, 1.82) is 0 Å². The molecule has 0 aliphatic rings. The molecule has 0 bridgehead atoms. The summed E-state index contributed by atoms with van der Waals surface area (Å²) in [6, 6.07) is 14.8. The minimum absolute atomic E-state index is 0.324. The topological polar surface area (TPSA) is 112 Å². The molecule has 0 aliphatic carbocycles. The molecule has 0 fully saturated rings. The van der Waals surface area contributed by atoms with E-state index in [1.165, 1.54) is 27.7 Å². The number of ketones is 2. The first kappa shape index (κ1) is 38.4. The summed E-state index contributed by atoms with van der Waals surface area (Å²) >= 11 is 0. The Bertz CT molecular complexity index is 1130. The molecule has 0 heterocycles. The summed E-state index contributed by atoms with van der Waals surface area (Å²) in [5.41, 5.74) is -0.513. The minimum atomic E-state index is -2.31. The highest BCUT2D eigenvalue weighted by Crippen LogP contribution is 2.29. The molecule has 0 saturated heterocycles. The smallest absolute Gasteiger partial charge is 0.314 e. The molecule has 2 N–H and O–H groups in total. The molecule has 2 aromatic rings. The number of rotatable bonds is 18. The van der Waals surface area contributed by atoms with Crippen LogP contribution in [0.5, 0.6) is 0 Å². The van der Waals surface area contributed by atoms with Crippen LogP contribution in [0.2, 0.25) is 51.9 Å². The Morgan fingerprint density at radius 2 is 1.05 bits per heavy atom. The molecule has 0 atom stereocenters. The summed E-state index contributed by atoms with van der Waals surface area (Å²) in [6.07, 6.45) is 0.358. The van der Waals surface area contributed by atoms with Crippen molar-refractivity contribution in [2.24, 2.45) is 0 Å². The highest BCUT2D eigenvalue weighted by molar-refractivity contribution is 6.87. The summed E-state index contributed by atoms with van der Waals surface area (Å²) < 4.78 is 25.4. The zero-order valence-electron chi connectivity index (χ0n) is 28.6. The molecule has 2 aromatic carbocycles. The van der Waals surface area contributed by atoms with Crippen LogP contribution in [0.3, 0.4) is 0 Å². The highest BCUT2D eigenvalue weighted by Gasteiger charge is 2.39. The lowest BCUT2D eigenvalue weighted by Crippen LogP contribution is -2.52. The second-order valence-electron chi connectivity index (χ2n) is 14.5. The third kappa shape index (κ3) is 12.9. The van der Waals surface area contributed by atoms with E-state index < -0.39 is 42.5 Å². The molecule has 0 saturated carbocycles. The number of carbonyl (C=O) groups is 2. The maximum atomic E-state index is 12.5. The first-order chi connectivity index (χ1) is 20.0. The molecular weight excluding hydrogens is 609 g/mol. The Balaban J connectivity index is 2.10. The van der Waals surface area contributed by atoms with E-state index in [1.807, 2.05) is 24.3 Å². The van der Waals surface area contributed by atoms with Crippen LogP contribution >= 0.6 is 0 Å². The predicted octanol–water partition coefficient (Wildman–Crippen LogP) is 6.88.